The van der Waals surface area contributed by atoms with Crippen molar-refractivity contribution in [3.63, 3.8) is 0 Å². The number of sulfone groups is 1. The molecule has 7 nitrogen and oxygen atoms in total. The van der Waals surface area contributed by atoms with Gasteiger partial charge >= 0.3 is 0 Å². The van der Waals surface area contributed by atoms with Gasteiger partial charge in [0.15, 0.2) is 9.84 Å². The summed E-state index contributed by atoms with van der Waals surface area (Å²) in [5.74, 6) is 0.283. The number of anilines is 1. The molecule has 0 radical (unpaired) electrons. The van der Waals surface area contributed by atoms with E-state index >= 15 is 0 Å². The predicted octanol–water partition coefficient (Wildman–Crippen LogP) is 0.336. The van der Waals surface area contributed by atoms with Gasteiger partial charge in [-0.3, -0.25) is 4.79 Å². The number of rotatable bonds is 4. The topological polar surface area (TPSA) is 107 Å². The molecule has 1 amide bonds. The Kier molecular flexibility index (Phi) is 3.99. The number of hydrogen-bond acceptors (Lipinski definition) is 5. The van der Waals surface area contributed by atoms with Crippen LogP contribution in [-0.2, 0) is 23.4 Å². The molecule has 0 saturated heterocycles. The van der Waals surface area contributed by atoms with E-state index in [1.54, 1.807) is 17.0 Å². The van der Waals surface area contributed by atoms with Crippen LogP contribution in [0, 0.1) is 0 Å². The van der Waals surface area contributed by atoms with E-state index in [4.69, 9.17) is 5.73 Å². The second-order valence-corrected chi connectivity index (χ2v) is 6.72. The molecule has 0 fully saturated rings. The van der Waals surface area contributed by atoms with Crippen LogP contribution < -0.4 is 11.1 Å². The van der Waals surface area contributed by atoms with Crippen molar-refractivity contribution in [2.75, 3.05) is 12.0 Å². The van der Waals surface area contributed by atoms with Crippen LogP contribution in [0.5, 0.6) is 0 Å². The Morgan fingerprint density at radius 1 is 1.38 bits per heavy atom. The Morgan fingerprint density at radius 3 is 2.67 bits per heavy atom. The van der Waals surface area contributed by atoms with Gasteiger partial charge in [0.05, 0.1) is 11.4 Å². The van der Waals surface area contributed by atoms with E-state index in [0.717, 1.165) is 6.26 Å². The van der Waals surface area contributed by atoms with E-state index in [2.05, 4.69) is 10.3 Å². The molecule has 8 heteroatoms. The number of nitrogen functional groups attached to an aromatic ring is 1. The molecule has 1 aromatic heterocycles. The van der Waals surface area contributed by atoms with Crippen LogP contribution in [0.25, 0.3) is 0 Å². The predicted molar refractivity (Wildman–Crippen MR) is 78.3 cm³/mol. The number of hydrogen-bond donors (Lipinski definition) is 2. The number of aryl methyl sites for hydroxylation is 1. The van der Waals surface area contributed by atoms with Crippen molar-refractivity contribution < 1.29 is 13.2 Å². The van der Waals surface area contributed by atoms with Gasteiger partial charge in [-0.25, -0.2) is 13.4 Å². The van der Waals surface area contributed by atoms with Gasteiger partial charge in [0, 0.05) is 36.9 Å². The molecule has 112 valence electrons. The van der Waals surface area contributed by atoms with Crippen molar-refractivity contribution in [2.24, 2.45) is 7.05 Å². The maximum Gasteiger partial charge on any atom is 0.251 e. The lowest BCUT2D eigenvalue weighted by molar-refractivity contribution is 0.0949. The maximum atomic E-state index is 12.1. The van der Waals surface area contributed by atoms with Gasteiger partial charge in [-0.15, -0.1) is 0 Å². The minimum absolute atomic E-state index is 0.0182. The van der Waals surface area contributed by atoms with Gasteiger partial charge < -0.3 is 15.6 Å². The van der Waals surface area contributed by atoms with Gasteiger partial charge in [0.1, 0.15) is 5.82 Å². The van der Waals surface area contributed by atoms with Crippen molar-refractivity contribution in [3.05, 3.63) is 42.0 Å². The van der Waals surface area contributed by atoms with Crippen molar-refractivity contribution in [1.82, 2.24) is 14.9 Å². The molecule has 0 aliphatic rings. The highest BCUT2D eigenvalue weighted by molar-refractivity contribution is 7.90. The molecule has 0 atom stereocenters. The van der Waals surface area contributed by atoms with E-state index < -0.39 is 15.7 Å². The third-order valence-electron chi connectivity index (χ3n) is 2.95. The van der Waals surface area contributed by atoms with Crippen LogP contribution in [0.15, 0.2) is 35.5 Å². The van der Waals surface area contributed by atoms with Crippen molar-refractivity contribution in [2.45, 2.75) is 11.4 Å². The number of benzene rings is 1. The SMILES string of the molecule is Cn1ccnc1CNC(=O)c1cc(N)cc(S(C)(=O)=O)c1. The Balaban J connectivity index is 2.20. The fourth-order valence-corrected chi connectivity index (χ4v) is 2.49. The lowest BCUT2D eigenvalue weighted by Crippen LogP contribution is -2.24. The van der Waals surface area contributed by atoms with Crippen molar-refractivity contribution in [3.8, 4) is 0 Å². The minimum Gasteiger partial charge on any atom is -0.399 e. The molecule has 0 spiro atoms. The zero-order valence-corrected chi connectivity index (χ0v) is 12.5. The van der Waals surface area contributed by atoms with Crippen LogP contribution in [-0.4, -0.2) is 30.1 Å². The van der Waals surface area contributed by atoms with Crippen LogP contribution in [0.3, 0.4) is 0 Å². The highest BCUT2D eigenvalue weighted by atomic mass is 32.2. The molecule has 3 N–H and O–H groups in total. The molecule has 1 heterocycles. The van der Waals surface area contributed by atoms with Gasteiger partial charge in [-0.2, -0.15) is 0 Å². The third-order valence-corrected chi connectivity index (χ3v) is 4.04. The minimum atomic E-state index is -3.42. The first-order valence-electron chi connectivity index (χ1n) is 6.12. The van der Waals surface area contributed by atoms with Gasteiger partial charge in [0.25, 0.3) is 5.91 Å². The highest BCUT2D eigenvalue weighted by Gasteiger charge is 2.14. The monoisotopic (exact) mass is 308 g/mol. The van der Waals surface area contributed by atoms with Crippen LogP contribution >= 0.6 is 0 Å². The molecule has 0 saturated carbocycles. The molecule has 2 aromatic rings. The smallest absolute Gasteiger partial charge is 0.251 e. The highest BCUT2D eigenvalue weighted by Crippen LogP contribution is 2.16. The number of carbonyl (C=O) groups is 1. The quantitative estimate of drug-likeness (QED) is 0.792. The Bertz CT molecular complexity index is 780. The lowest BCUT2D eigenvalue weighted by Gasteiger charge is -2.08. The van der Waals surface area contributed by atoms with E-state index in [1.807, 2.05) is 7.05 Å². The van der Waals surface area contributed by atoms with Crippen molar-refractivity contribution >= 4 is 21.4 Å². The molecule has 0 aliphatic carbocycles. The normalized spacial score (nSPS) is 11.3. The van der Waals surface area contributed by atoms with Crippen molar-refractivity contribution in [1.29, 1.82) is 0 Å². The maximum absolute atomic E-state index is 12.1. The first-order chi connectivity index (χ1) is 9.77. The lowest BCUT2D eigenvalue weighted by atomic mass is 10.2. The summed E-state index contributed by atoms with van der Waals surface area (Å²) in [4.78, 5) is 16.2. The average Bonchev–Trinajstić information content (AvgIpc) is 2.79. The summed E-state index contributed by atoms with van der Waals surface area (Å²) in [7, 11) is -1.61. The Hall–Kier alpha value is -2.35. The van der Waals surface area contributed by atoms with Gasteiger partial charge in [-0.1, -0.05) is 0 Å². The zero-order valence-electron chi connectivity index (χ0n) is 11.7. The summed E-state index contributed by atoms with van der Waals surface area (Å²) in [5.41, 5.74) is 6.07. The first kappa shape index (κ1) is 15.0. The number of aromatic nitrogens is 2. The summed E-state index contributed by atoms with van der Waals surface area (Å²) < 4.78 is 24.9. The zero-order chi connectivity index (χ0) is 15.6. The first-order valence-corrected chi connectivity index (χ1v) is 8.01. The number of amides is 1. The summed E-state index contributed by atoms with van der Waals surface area (Å²) >= 11 is 0. The Labute approximate surface area is 122 Å². The number of nitrogens with one attached hydrogen (secondary N) is 1. The second kappa shape index (κ2) is 5.57. The largest absolute Gasteiger partial charge is 0.399 e. The van der Waals surface area contributed by atoms with E-state index in [9.17, 15) is 13.2 Å². The van der Waals surface area contributed by atoms with E-state index in [1.165, 1.54) is 18.2 Å². The summed E-state index contributed by atoms with van der Waals surface area (Å²) in [5, 5.41) is 2.68. The molecule has 0 aliphatic heterocycles. The molecule has 1 aromatic carbocycles. The molecular formula is C13H16N4O3S. The van der Waals surface area contributed by atoms with Gasteiger partial charge in [0.2, 0.25) is 0 Å². The standard InChI is InChI=1S/C13H16N4O3S/c1-17-4-3-15-12(17)8-16-13(18)9-5-10(14)7-11(6-9)21(2,19)20/h3-7H,8,14H2,1-2H3,(H,16,18). The number of nitrogens with zero attached hydrogens (tertiary/aromatic N) is 2. The average molecular weight is 308 g/mol. The summed E-state index contributed by atoms with van der Waals surface area (Å²) in [6.45, 7) is 0.241. The number of nitrogens with two attached hydrogens (primary N) is 1. The van der Waals surface area contributed by atoms with Crippen LogP contribution in [0.1, 0.15) is 16.2 Å². The summed E-state index contributed by atoms with van der Waals surface area (Å²) in [6, 6.07) is 4.06. The molecule has 21 heavy (non-hydrogen) atoms. The Morgan fingerprint density at radius 2 is 2.10 bits per heavy atom. The molecular weight excluding hydrogens is 292 g/mol. The number of imidazole rings is 1. The fourth-order valence-electron chi connectivity index (χ4n) is 1.80. The van der Waals surface area contributed by atoms with Crippen LogP contribution in [0.4, 0.5) is 5.69 Å². The van der Waals surface area contributed by atoms with E-state index in [-0.39, 0.29) is 22.7 Å². The fraction of sp³-hybridized carbons (Fsp3) is 0.231. The third kappa shape index (κ3) is 3.60. The van der Waals surface area contributed by atoms with E-state index in [0.29, 0.717) is 5.82 Å². The molecule has 0 unspecified atom stereocenters. The van der Waals surface area contributed by atoms with Gasteiger partial charge in [-0.05, 0) is 18.2 Å². The number of carbonyl (C=O) groups excluding carboxylic acids is 1. The second-order valence-electron chi connectivity index (χ2n) is 4.70. The molecule has 2 rings (SSSR count). The summed E-state index contributed by atoms with van der Waals surface area (Å²) in [6.07, 6.45) is 4.46. The van der Waals surface area contributed by atoms with Crippen LogP contribution in [0.2, 0.25) is 0 Å². The molecule has 0 bridgehead atoms.